The van der Waals surface area contributed by atoms with Gasteiger partial charge < -0.3 is 21.3 Å². The summed E-state index contributed by atoms with van der Waals surface area (Å²) in [5.41, 5.74) is 6.21. The molecule has 0 aliphatic carbocycles. The summed E-state index contributed by atoms with van der Waals surface area (Å²) in [6, 6.07) is 4.05. The zero-order valence-corrected chi connectivity index (χ0v) is 9.10. The maximum atomic E-state index is 11.1. The summed E-state index contributed by atoms with van der Waals surface area (Å²) in [6.07, 6.45) is 0.576. The van der Waals surface area contributed by atoms with Crippen LogP contribution in [-0.4, -0.2) is 28.7 Å². The number of hydrogen-bond acceptors (Lipinski definition) is 4. The first-order chi connectivity index (χ1) is 7.50. The highest BCUT2D eigenvalue weighted by Crippen LogP contribution is 2.24. The van der Waals surface area contributed by atoms with E-state index in [9.17, 15) is 9.90 Å². The first-order valence-corrected chi connectivity index (χ1v) is 5.05. The number of hydrogen-bond donors (Lipinski definition) is 4. The lowest BCUT2D eigenvalue weighted by molar-refractivity contribution is -0.121. The van der Waals surface area contributed by atoms with E-state index in [1.165, 1.54) is 12.1 Å². The number of benzene rings is 1. The first kappa shape index (κ1) is 12.3. The van der Waals surface area contributed by atoms with Crippen molar-refractivity contribution >= 4 is 5.91 Å². The van der Waals surface area contributed by atoms with E-state index in [0.29, 0.717) is 13.0 Å². The van der Waals surface area contributed by atoms with Crippen LogP contribution in [0.4, 0.5) is 0 Å². The molecule has 5 nitrogen and oxygen atoms in total. The van der Waals surface area contributed by atoms with Crippen molar-refractivity contribution in [2.45, 2.75) is 19.4 Å². The summed E-state index contributed by atoms with van der Waals surface area (Å²) in [7, 11) is 0. The second-order valence-corrected chi connectivity index (χ2v) is 3.65. The van der Waals surface area contributed by atoms with E-state index >= 15 is 0 Å². The van der Waals surface area contributed by atoms with Crippen LogP contribution in [-0.2, 0) is 11.2 Å². The Morgan fingerprint density at radius 1 is 1.44 bits per heavy atom. The van der Waals surface area contributed by atoms with Crippen LogP contribution in [0.25, 0.3) is 0 Å². The molecule has 0 unspecified atom stereocenters. The molecule has 16 heavy (non-hydrogen) atoms. The zero-order chi connectivity index (χ0) is 12.1. The average Bonchev–Trinajstić information content (AvgIpc) is 2.23. The van der Waals surface area contributed by atoms with Crippen molar-refractivity contribution < 1.29 is 15.0 Å². The van der Waals surface area contributed by atoms with Crippen LogP contribution in [0.3, 0.4) is 0 Å². The topological polar surface area (TPSA) is 95.6 Å². The molecule has 88 valence electrons. The first-order valence-electron chi connectivity index (χ1n) is 5.05. The van der Waals surface area contributed by atoms with Gasteiger partial charge in [-0.05, 0) is 31.0 Å². The van der Waals surface area contributed by atoms with Crippen LogP contribution in [0.2, 0.25) is 0 Å². The fraction of sp³-hybridized carbons (Fsp3) is 0.364. The molecule has 0 saturated heterocycles. The second kappa shape index (κ2) is 5.37. The summed E-state index contributed by atoms with van der Waals surface area (Å²) in [6.45, 7) is 2.06. The molecule has 1 aromatic rings. The highest BCUT2D eigenvalue weighted by atomic mass is 16.3. The second-order valence-electron chi connectivity index (χ2n) is 3.65. The van der Waals surface area contributed by atoms with Gasteiger partial charge in [-0.3, -0.25) is 4.79 Å². The van der Waals surface area contributed by atoms with E-state index in [-0.39, 0.29) is 17.4 Å². The third-order valence-corrected chi connectivity index (χ3v) is 2.17. The predicted molar refractivity (Wildman–Crippen MR) is 60.1 cm³/mol. The van der Waals surface area contributed by atoms with E-state index < -0.39 is 6.04 Å². The molecule has 0 heterocycles. The highest BCUT2D eigenvalue weighted by Gasteiger charge is 2.06. The Balaban J connectivity index is 2.43. The molecule has 0 saturated carbocycles. The number of nitrogens with two attached hydrogens (primary N) is 1. The summed E-state index contributed by atoms with van der Waals surface area (Å²) in [5, 5.41) is 21.0. The van der Waals surface area contributed by atoms with Crippen molar-refractivity contribution in [3.8, 4) is 11.5 Å². The molecular weight excluding hydrogens is 208 g/mol. The number of amides is 1. The highest BCUT2D eigenvalue weighted by molar-refractivity contribution is 5.80. The number of phenols is 2. The minimum Gasteiger partial charge on any atom is -0.504 e. The Labute approximate surface area is 93.9 Å². The lowest BCUT2D eigenvalue weighted by Crippen LogP contribution is -2.39. The Morgan fingerprint density at radius 2 is 2.12 bits per heavy atom. The van der Waals surface area contributed by atoms with Gasteiger partial charge in [0.1, 0.15) is 0 Å². The van der Waals surface area contributed by atoms with Gasteiger partial charge in [-0.1, -0.05) is 6.07 Å². The molecule has 0 spiro atoms. The molecule has 5 heteroatoms. The summed E-state index contributed by atoms with van der Waals surface area (Å²) in [5.74, 6) is -0.512. The summed E-state index contributed by atoms with van der Waals surface area (Å²) < 4.78 is 0. The van der Waals surface area contributed by atoms with Gasteiger partial charge in [0.05, 0.1) is 6.04 Å². The molecule has 0 aliphatic heterocycles. The van der Waals surface area contributed by atoms with Crippen LogP contribution in [0, 0.1) is 0 Å². The van der Waals surface area contributed by atoms with Crippen molar-refractivity contribution in [3.63, 3.8) is 0 Å². The molecule has 1 aromatic carbocycles. The molecule has 0 fully saturated rings. The molecule has 1 atom stereocenters. The molecule has 0 aliphatic rings. The van der Waals surface area contributed by atoms with Gasteiger partial charge in [-0.25, -0.2) is 0 Å². The van der Waals surface area contributed by atoms with E-state index in [1.807, 2.05) is 0 Å². The Hall–Kier alpha value is -1.75. The molecule has 0 bridgehead atoms. The van der Waals surface area contributed by atoms with Gasteiger partial charge in [0.15, 0.2) is 11.5 Å². The molecule has 5 N–H and O–H groups in total. The van der Waals surface area contributed by atoms with E-state index in [0.717, 1.165) is 5.56 Å². The van der Waals surface area contributed by atoms with Gasteiger partial charge in [-0.15, -0.1) is 0 Å². The molecule has 1 rings (SSSR count). The van der Waals surface area contributed by atoms with Crippen molar-refractivity contribution in [3.05, 3.63) is 23.8 Å². The molecular formula is C11H16N2O3. The monoisotopic (exact) mass is 224 g/mol. The lowest BCUT2D eigenvalue weighted by Gasteiger charge is -2.08. The van der Waals surface area contributed by atoms with Crippen LogP contribution >= 0.6 is 0 Å². The van der Waals surface area contributed by atoms with Crippen LogP contribution in [0.5, 0.6) is 11.5 Å². The molecule has 0 radical (unpaired) electrons. The maximum absolute atomic E-state index is 11.1. The quantitative estimate of drug-likeness (QED) is 0.546. The number of carbonyl (C=O) groups excluding carboxylic acids is 1. The number of rotatable bonds is 4. The van der Waals surface area contributed by atoms with Gasteiger partial charge in [0.2, 0.25) is 5.91 Å². The standard InChI is InChI=1S/C11H16N2O3/c1-7(12)11(16)13-5-4-8-2-3-9(14)10(15)6-8/h2-3,6-7,14-15H,4-5,12H2,1H3,(H,13,16)/t7-/m0/s1. The van der Waals surface area contributed by atoms with Crippen LogP contribution < -0.4 is 11.1 Å². The molecule has 1 amide bonds. The number of phenolic OH excluding ortho intramolecular Hbond substituents is 2. The van der Waals surface area contributed by atoms with Gasteiger partial charge >= 0.3 is 0 Å². The van der Waals surface area contributed by atoms with Gasteiger partial charge in [0, 0.05) is 6.54 Å². The number of carbonyl (C=O) groups is 1. The fourth-order valence-corrected chi connectivity index (χ4v) is 1.22. The van der Waals surface area contributed by atoms with Crippen molar-refractivity contribution in [2.24, 2.45) is 5.73 Å². The maximum Gasteiger partial charge on any atom is 0.236 e. The SMILES string of the molecule is C[C@H](N)C(=O)NCCc1ccc(O)c(O)c1. The Bertz CT molecular complexity index is 377. The van der Waals surface area contributed by atoms with Crippen molar-refractivity contribution in [1.29, 1.82) is 0 Å². The molecule has 0 aromatic heterocycles. The average molecular weight is 224 g/mol. The van der Waals surface area contributed by atoms with Crippen LogP contribution in [0.1, 0.15) is 12.5 Å². The van der Waals surface area contributed by atoms with Gasteiger partial charge in [-0.2, -0.15) is 0 Å². The van der Waals surface area contributed by atoms with Crippen LogP contribution in [0.15, 0.2) is 18.2 Å². The largest absolute Gasteiger partial charge is 0.504 e. The van der Waals surface area contributed by atoms with Gasteiger partial charge in [0.25, 0.3) is 0 Å². The Morgan fingerprint density at radius 3 is 2.69 bits per heavy atom. The predicted octanol–water partition coefficient (Wildman–Crippen LogP) is 0.104. The number of nitrogens with one attached hydrogen (secondary N) is 1. The lowest BCUT2D eigenvalue weighted by atomic mass is 10.1. The minimum absolute atomic E-state index is 0.150. The van der Waals surface area contributed by atoms with E-state index in [4.69, 9.17) is 10.8 Å². The normalized spacial score (nSPS) is 12.1. The minimum atomic E-state index is -0.520. The number of aromatic hydroxyl groups is 2. The van der Waals surface area contributed by atoms with Crippen molar-refractivity contribution in [2.75, 3.05) is 6.54 Å². The fourth-order valence-electron chi connectivity index (χ4n) is 1.22. The summed E-state index contributed by atoms with van der Waals surface area (Å²) in [4.78, 5) is 11.1. The summed E-state index contributed by atoms with van der Waals surface area (Å²) >= 11 is 0. The van der Waals surface area contributed by atoms with Crippen molar-refractivity contribution in [1.82, 2.24) is 5.32 Å². The third-order valence-electron chi connectivity index (χ3n) is 2.17. The van der Waals surface area contributed by atoms with E-state index in [2.05, 4.69) is 5.32 Å². The third kappa shape index (κ3) is 3.43. The Kier molecular flexibility index (Phi) is 4.13. The zero-order valence-electron chi connectivity index (χ0n) is 9.10. The smallest absolute Gasteiger partial charge is 0.236 e. The van der Waals surface area contributed by atoms with E-state index in [1.54, 1.807) is 13.0 Å².